The molecule has 0 spiro atoms. The first-order valence-corrected chi connectivity index (χ1v) is 9.13. The van der Waals surface area contributed by atoms with Crippen LogP contribution in [-0.4, -0.2) is 30.6 Å². The molecule has 0 N–H and O–H groups in total. The van der Waals surface area contributed by atoms with Crippen LogP contribution in [0.15, 0.2) is 12.2 Å². The highest BCUT2D eigenvalue weighted by molar-refractivity contribution is 5.79. The maximum Gasteiger partial charge on any atom is 0.460 e. The van der Waals surface area contributed by atoms with E-state index in [-0.39, 0.29) is 6.42 Å². The molecule has 0 aliphatic carbocycles. The van der Waals surface area contributed by atoms with Gasteiger partial charge in [0.05, 0.1) is 6.61 Å². The van der Waals surface area contributed by atoms with E-state index in [1.54, 1.807) is 0 Å². The van der Waals surface area contributed by atoms with E-state index in [1.165, 1.54) is 0 Å². The van der Waals surface area contributed by atoms with Gasteiger partial charge in [0.25, 0.3) is 0 Å². The minimum atomic E-state index is -6.54. The van der Waals surface area contributed by atoms with Crippen molar-refractivity contribution in [2.75, 3.05) is 6.61 Å². The Morgan fingerprint density at radius 3 is 1.74 bits per heavy atom. The molecule has 0 unspecified atom stereocenters. The van der Waals surface area contributed by atoms with Crippen molar-refractivity contribution in [3.8, 4) is 0 Å². The summed E-state index contributed by atoms with van der Waals surface area (Å²) in [5.41, 5.74) is 0. The maximum atomic E-state index is 13.0. The number of hydrogen-bond donors (Lipinski definition) is 0. The van der Waals surface area contributed by atoms with Crippen LogP contribution in [0.25, 0.3) is 0 Å². The van der Waals surface area contributed by atoms with Crippen LogP contribution < -0.4 is 0 Å². The van der Waals surface area contributed by atoms with Crippen LogP contribution in [0.4, 0.5) is 30.7 Å². The highest BCUT2D eigenvalue weighted by Crippen LogP contribution is 2.46. The fraction of sp³-hybridized carbons (Fsp3) is 0.833. The lowest BCUT2D eigenvalue weighted by molar-refractivity contribution is -0.348. The summed E-state index contributed by atoms with van der Waals surface area (Å²) in [6.07, 6.45) is 6.34. The maximum absolute atomic E-state index is 13.0. The van der Waals surface area contributed by atoms with E-state index < -0.39 is 30.6 Å². The molecular weight excluding hydrogens is 381 g/mol. The summed E-state index contributed by atoms with van der Waals surface area (Å²) in [5.74, 6) is -15.3. The lowest BCUT2D eigenvalue weighted by Crippen LogP contribution is -2.56. The second-order valence-corrected chi connectivity index (χ2v) is 6.28. The molecule has 0 aromatic rings. The molecule has 0 bridgehead atoms. The third-order valence-corrected chi connectivity index (χ3v) is 3.91. The Morgan fingerprint density at radius 1 is 0.778 bits per heavy atom. The van der Waals surface area contributed by atoms with Crippen LogP contribution in [0.3, 0.4) is 0 Å². The van der Waals surface area contributed by atoms with Gasteiger partial charge in [-0.25, -0.2) is 4.79 Å². The second-order valence-electron chi connectivity index (χ2n) is 6.28. The zero-order valence-corrected chi connectivity index (χ0v) is 15.4. The second kappa shape index (κ2) is 12.2. The summed E-state index contributed by atoms with van der Waals surface area (Å²) in [7, 11) is 0. The number of halogens is 7. The van der Waals surface area contributed by atoms with E-state index in [4.69, 9.17) is 0 Å². The van der Waals surface area contributed by atoms with Crippen molar-refractivity contribution < 1.29 is 40.3 Å². The van der Waals surface area contributed by atoms with Crippen molar-refractivity contribution in [3.05, 3.63) is 12.2 Å². The summed E-state index contributed by atoms with van der Waals surface area (Å²) < 4.78 is 91.0. The van der Waals surface area contributed by atoms with Crippen LogP contribution in [0.5, 0.6) is 0 Å². The van der Waals surface area contributed by atoms with Gasteiger partial charge in [-0.2, -0.15) is 30.7 Å². The van der Waals surface area contributed by atoms with Crippen LogP contribution in [0, 0.1) is 0 Å². The SMILES string of the molecule is CC/C=C\CCCCCCCCCCOC(=O)C(F)(F)C(F)(F)C(F)(F)F. The molecule has 0 rings (SSSR count). The molecule has 0 saturated heterocycles. The lowest BCUT2D eigenvalue weighted by Gasteiger charge is -2.26. The largest absolute Gasteiger partial charge is 0.461 e. The normalized spacial score (nSPS) is 13.3. The first-order valence-electron chi connectivity index (χ1n) is 9.13. The third-order valence-electron chi connectivity index (χ3n) is 3.91. The standard InChI is InChI=1S/C18H27F7O2/c1-2-3-4-5-6-7-8-9-10-11-12-13-14-27-15(26)16(19,20)17(21,22)18(23,24)25/h3-4H,2,5-14H2,1H3/b4-3-. The lowest BCUT2D eigenvalue weighted by atomic mass is 10.1. The van der Waals surface area contributed by atoms with Crippen molar-refractivity contribution in [1.82, 2.24) is 0 Å². The molecule has 0 amide bonds. The first-order chi connectivity index (χ1) is 12.5. The van der Waals surface area contributed by atoms with E-state index >= 15 is 0 Å². The van der Waals surface area contributed by atoms with Crippen LogP contribution >= 0.6 is 0 Å². The predicted molar refractivity (Wildman–Crippen MR) is 87.9 cm³/mol. The Kier molecular flexibility index (Phi) is 11.7. The number of allylic oxidation sites excluding steroid dienone is 2. The van der Waals surface area contributed by atoms with Crippen molar-refractivity contribution in [2.24, 2.45) is 0 Å². The van der Waals surface area contributed by atoms with Gasteiger partial charge >= 0.3 is 24.0 Å². The molecule has 0 aliphatic heterocycles. The number of ether oxygens (including phenoxy) is 1. The monoisotopic (exact) mass is 408 g/mol. The summed E-state index contributed by atoms with van der Waals surface area (Å²) in [4.78, 5) is 10.9. The highest BCUT2D eigenvalue weighted by Gasteiger charge is 2.77. The van der Waals surface area contributed by atoms with Crippen molar-refractivity contribution in [1.29, 1.82) is 0 Å². The number of carbonyl (C=O) groups excluding carboxylic acids is 1. The average molecular weight is 408 g/mol. The van der Waals surface area contributed by atoms with E-state index in [0.717, 1.165) is 51.4 Å². The third kappa shape index (κ3) is 8.97. The summed E-state index contributed by atoms with van der Waals surface area (Å²) in [6.45, 7) is 1.45. The highest BCUT2D eigenvalue weighted by atomic mass is 19.4. The molecule has 0 aliphatic rings. The van der Waals surface area contributed by atoms with Gasteiger partial charge in [0, 0.05) is 0 Å². The summed E-state index contributed by atoms with van der Waals surface area (Å²) >= 11 is 0. The van der Waals surface area contributed by atoms with Gasteiger partial charge in [0.1, 0.15) is 0 Å². The Bertz CT molecular complexity index is 445. The molecule has 2 nitrogen and oxygen atoms in total. The Morgan fingerprint density at radius 2 is 1.26 bits per heavy atom. The van der Waals surface area contributed by atoms with Gasteiger partial charge in [0.15, 0.2) is 0 Å². The number of rotatable bonds is 14. The van der Waals surface area contributed by atoms with Crippen molar-refractivity contribution in [2.45, 2.75) is 89.2 Å². The van der Waals surface area contributed by atoms with Gasteiger partial charge in [-0.05, 0) is 25.7 Å². The number of unbranched alkanes of at least 4 members (excludes halogenated alkanes) is 8. The van der Waals surface area contributed by atoms with Gasteiger partial charge in [-0.1, -0.05) is 57.6 Å². The molecule has 9 heteroatoms. The molecule has 0 radical (unpaired) electrons. The molecular formula is C18H27F7O2. The topological polar surface area (TPSA) is 26.3 Å². The molecule has 0 atom stereocenters. The number of esters is 1. The minimum Gasteiger partial charge on any atom is -0.461 e. The zero-order chi connectivity index (χ0) is 21.0. The number of carbonyl (C=O) groups is 1. The number of alkyl halides is 7. The molecule has 0 fully saturated rings. The summed E-state index contributed by atoms with van der Waals surface area (Å²) in [5, 5.41) is 0. The number of hydrogen-bond acceptors (Lipinski definition) is 2. The van der Waals surface area contributed by atoms with Crippen LogP contribution in [0.1, 0.15) is 71.1 Å². The van der Waals surface area contributed by atoms with E-state index in [9.17, 15) is 35.5 Å². The molecule has 0 aromatic heterocycles. The van der Waals surface area contributed by atoms with Gasteiger partial charge in [-0.15, -0.1) is 0 Å². The molecule has 160 valence electrons. The Hall–Kier alpha value is -1.28. The smallest absolute Gasteiger partial charge is 0.460 e. The van der Waals surface area contributed by atoms with E-state index in [0.29, 0.717) is 6.42 Å². The van der Waals surface area contributed by atoms with Crippen LogP contribution in [-0.2, 0) is 9.53 Å². The fourth-order valence-electron chi connectivity index (χ4n) is 2.27. The summed E-state index contributed by atoms with van der Waals surface area (Å²) in [6, 6.07) is 0. The van der Waals surface area contributed by atoms with E-state index in [2.05, 4.69) is 23.8 Å². The van der Waals surface area contributed by atoms with Gasteiger partial charge in [-0.3, -0.25) is 0 Å². The Labute approximate surface area is 155 Å². The quantitative estimate of drug-likeness (QED) is 0.136. The van der Waals surface area contributed by atoms with Crippen LogP contribution in [0.2, 0.25) is 0 Å². The first kappa shape index (κ1) is 25.7. The van der Waals surface area contributed by atoms with Gasteiger partial charge in [0.2, 0.25) is 0 Å². The Balaban J connectivity index is 3.82. The molecule has 0 aromatic carbocycles. The molecule has 0 saturated carbocycles. The van der Waals surface area contributed by atoms with Crippen molar-refractivity contribution >= 4 is 5.97 Å². The minimum absolute atomic E-state index is 0.126. The predicted octanol–water partition coefficient (Wildman–Crippen LogP) is 6.84. The van der Waals surface area contributed by atoms with Gasteiger partial charge < -0.3 is 4.74 Å². The fourth-order valence-corrected chi connectivity index (χ4v) is 2.27. The zero-order valence-electron chi connectivity index (χ0n) is 15.4. The van der Waals surface area contributed by atoms with E-state index in [1.807, 2.05) is 0 Å². The van der Waals surface area contributed by atoms with Crippen molar-refractivity contribution in [3.63, 3.8) is 0 Å². The average Bonchev–Trinajstić information content (AvgIpc) is 2.57. The molecule has 0 heterocycles. The molecule has 27 heavy (non-hydrogen) atoms.